The van der Waals surface area contributed by atoms with Crippen LogP contribution in [-0.2, 0) is 11.2 Å². The topological polar surface area (TPSA) is 76.2 Å². The number of hydrogen-bond donors (Lipinski definition) is 2. The molecule has 2 aromatic rings. The predicted molar refractivity (Wildman–Crippen MR) is 90.1 cm³/mol. The van der Waals surface area contributed by atoms with Crippen molar-refractivity contribution in [3.8, 4) is 5.75 Å². The van der Waals surface area contributed by atoms with Gasteiger partial charge in [-0.15, -0.1) is 0 Å². The summed E-state index contributed by atoms with van der Waals surface area (Å²) in [7, 11) is 0. The van der Waals surface area contributed by atoms with Gasteiger partial charge >= 0.3 is 0 Å². The van der Waals surface area contributed by atoms with Gasteiger partial charge in [-0.05, 0) is 24.6 Å². The SMILES string of the molecule is CCCc1cc(C(=O)N[C@@H]2COCC[C@@H]2Oc2cccc(F)c2)n[nH]1. The van der Waals surface area contributed by atoms with Crippen LogP contribution in [0.15, 0.2) is 30.3 Å². The summed E-state index contributed by atoms with van der Waals surface area (Å²) in [5.41, 5.74) is 1.28. The molecule has 6 nitrogen and oxygen atoms in total. The lowest BCUT2D eigenvalue weighted by Crippen LogP contribution is -2.51. The Bertz CT molecular complexity index is 719. The molecule has 25 heavy (non-hydrogen) atoms. The van der Waals surface area contributed by atoms with Crippen LogP contribution in [0.3, 0.4) is 0 Å². The van der Waals surface area contributed by atoms with Crippen molar-refractivity contribution in [1.29, 1.82) is 0 Å². The molecule has 0 radical (unpaired) electrons. The van der Waals surface area contributed by atoms with Crippen LogP contribution in [0.4, 0.5) is 4.39 Å². The standard InChI is InChI=1S/C18H22FN3O3/c1-2-4-13-10-15(22-21-13)18(23)20-16-11-24-8-7-17(16)25-14-6-3-5-12(19)9-14/h3,5-6,9-10,16-17H,2,4,7-8,11H2,1H3,(H,20,23)(H,21,22)/t16-,17+/m1/s1. The maximum atomic E-state index is 13.3. The average Bonchev–Trinajstić information content (AvgIpc) is 3.06. The number of rotatable bonds is 6. The van der Waals surface area contributed by atoms with Gasteiger partial charge in [-0.1, -0.05) is 19.4 Å². The second kappa shape index (κ2) is 8.11. The number of carbonyl (C=O) groups is 1. The third-order valence-corrected chi connectivity index (χ3v) is 4.08. The van der Waals surface area contributed by atoms with Crippen LogP contribution in [-0.4, -0.2) is 41.5 Å². The van der Waals surface area contributed by atoms with Gasteiger partial charge < -0.3 is 14.8 Å². The fraction of sp³-hybridized carbons (Fsp3) is 0.444. The van der Waals surface area contributed by atoms with Crippen LogP contribution in [0, 0.1) is 5.82 Å². The van der Waals surface area contributed by atoms with Crippen molar-refractivity contribution in [3.05, 3.63) is 47.5 Å². The molecule has 3 rings (SSSR count). The molecule has 134 valence electrons. The van der Waals surface area contributed by atoms with Gasteiger partial charge in [0.2, 0.25) is 0 Å². The number of benzene rings is 1. The summed E-state index contributed by atoms with van der Waals surface area (Å²) in [6.07, 6.45) is 2.15. The molecule has 0 saturated carbocycles. The second-order valence-electron chi connectivity index (χ2n) is 6.09. The number of halogens is 1. The molecule has 2 N–H and O–H groups in total. The minimum Gasteiger partial charge on any atom is -0.488 e. The highest BCUT2D eigenvalue weighted by molar-refractivity contribution is 5.92. The smallest absolute Gasteiger partial charge is 0.272 e. The molecule has 1 aliphatic heterocycles. The highest BCUT2D eigenvalue weighted by Crippen LogP contribution is 2.19. The van der Waals surface area contributed by atoms with Gasteiger partial charge in [-0.3, -0.25) is 9.89 Å². The first-order chi connectivity index (χ1) is 12.2. The molecule has 7 heteroatoms. The highest BCUT2D eigenvalue weighted by Gasteiger charge is 2.30. The van der Waals surface area contributed by atoms with Gasteiger partial charge in [0.05, 0.1) is 19.3 Å². The molecule has 0 bridgehead atoms. The Balaban J connectivity index is 1.64. The quantitative estimate of drug-likeness (QED) is 0.842. The summed E-state index contributed by atoms with van der Waals surface area (Å²) in [6.45, 7) is 2.95. The van der Waals surface area contributed by atoms with Crippen molar-refractivity contribution in [2.45, 2.75) is 38.3 Å². The van der Waals surface area contributed by atoms with E-state index in [1.165, 1.54) is 12.1 Å². The van der Waals surface area contributed by atoms with Crippen molar-refractivity contribution in [1.82, 2.24) is 15.5 Å². The van der Waals surface area contributed by atoms with Crippen LogP contribution in [0.2, 0.25) is 0 Å². The molecule has 2 heterocycles. The lowest BCUT2D eigenvalue weighted by molar-refractivity contribution is -0.00304. The van der Waals surface area contributed by atoms with Crippen molar-refractivity contribution < 1.29 is 18.7 Å². The Morgan fingerprint density at radius 1 is 1.48 bits per heavy atom. The zero-order valence-electron chi connectivity index (χ0n) is 14.1. The number of aryl methyl sites for hydroxylation is 1. The molecular weight excluding hydrogens is 325 g/mol. The zero-order chi connectivity index (χ0) is 17.6. The Kier molecular flexibility index (Phi) is 5.65. The van der Waals surface area contributed by atoms with Crippen molar-refractivity contribution >= 4 is 5.91 Å². The van der Waals surface area contributed by atoms with Gasteiger partial charge in [-0.25, -0.2) is 4.39 Å². The Labute approximate surface area is 145 Å². The Morgan fingerprint density at radius 2 is 2.36 bits per heavy atom. The van der Waals surface area contributed by atoms with E-state index in [9.17, 15) is 9.18 Å². The molecule has 1 saturated heterocycles. The monoisotopic (exact) mass is 347 g/mol. The van der Waals surface area contributed by atoms with Gasteiger partial charge in [0.25, 0.3) is 5.91 Å². The summed E-state index contributed by atoms with van der Waals surface area (Å²) in [4.78, 5) is 12.4. The van der Waals surface area contributed by atoms with Gasteiger partial charge in [-0.2, -0.15) is 5.10 Å². The maximum absolute atomic E-state index is 13.3. The molecule has 0 spiro atoms. The number of nitrogens with one attached hydrogen (secondary N) is 2. The largest absolute Gasteiger partial charge is 0.488 e. The summed E-state index contributed by atoms with van der Waals surface area (Å²) in [6, 6.07) is 7.42. The predicted octanol–water partition coefficient (Wildman–Crippen LogP) is 2.47. The Morgan fingerprint density at radius 3 is 3.16 bits per heavy atom. The molecule has 1 fully saturated rings. The number of carbonyl (C=O) groups excluding carboxylic acids is 1. The van der Waals surface area contributed by atoms with E-state index in [1.54, 1.807) is 18.2 Å². The summed E-state index contributed by atoms with van der Waals surface area (Å²) < 4.78 is 24.7. The van der Waals surface area contributed by atoms with E-state index in [2.05, 4.69) is 22.4 Å². The highest BCUT2D eigenvalue weighted by atomic mass is 19.1. The van der Waals surface area contributed by atoms with Gasteiger partial charge in [0.15, 0.2) is 0 Å². The first-order valence-electron chi connectivity index (χ1n) is 8.51. The molecule has 0 aliphatic carbocycles. The second-order valence-corrected chi connectivity index (χ2v) is 6.09. The normalized spacial score (nSPS) is 20.2. The third kappa shape index (κ3) is 4.57. The molecule has 0 unspecified atom stereocenters. The lowest BCUT2D eigenvalue weighted by Gasteiger charge is -2.32. The van der Waals surface area contributed by atoms with Crippen molar-refractivity contribution in [2.24, 2.45) is 0 Å². The van der Waals surface area contributed by atoms with E-state index in [4.69, 9.17) is 9.47 Å². The van der Waals surface area contributed by atoms with Crippen LogP contribution in [0.5, 0.6) is 5.75 Å². The first-order valence-corrected chi connectivity index (χ1v) is 8.51. The van der Waals surface area contributed by atoms with E-state index < -0.39 is 0 Å². The molecule has 1 aromatic heterocycles. The van der Waals surface area contributed by atoms with E-state index in [0.29, 0.717) is 31.1 Å². The molecule has 1 aliphatic rings. The number of nitrogens with zero attached hydrogens (tertiary/aromatic N) is 1. The summed E-state index contributed by atoms with van der Waals surface area (Å²) >= 11 is 0. The lowest BCUT2D eigenvalue weighted by atomic mass is 10.1. The van der Waals surface area contributed by atoms with Crippen LogP contribution in [0.25, 0.3) is 0 Å². The Hall–Kier alpha value is -2.41. The minimum atomic E-state index is -0.356. The van der Waals surface area contributed by atoms with Crippen molar-refractivity contribution in [3.63, 3.8) is 0 Å². The van der Waals surface area contributed by atoms with E-state index >= 15 is 0 Å². The van der Waals surface area contributed by atoms with Crippen LogP contribution >= 0.6 is 0 Å². The fourth-order valence-electron chi connectivity index (χ4n) is 2.83. The number of hydrogen-bond acceptors (Lipinski definition) is 4. The first kappa shape index (κ1) is 17.4. The zero-order valence-corrected chi connectivity index (χ0v) is 14.1. The van der Waals surface area contributed by atoms with Crippen molar-refractivity contribution in [2.75, 3.05) is 13.2 Å². The summed E-state index contributed by atoms with van der Waals surface area (Å²) in [5.74, 6) is -0.191. The molecule has 2 atom stereocenters. The average molecular weight is 347 g/mol. The molecular formula is C18H22FN3O3. The van der Waals surface area contributed by atoms with Gasteiger partial charge in [0, 0.05) is 18.2 Å². The van der Waals surface area contributed by atoms with Crippen LogP contribution < -0.4 is 10.1 Å². The number of aromatic amines is 1. The molecule has 1 amide bonds. The fourth-order valence-corrected chi connectivity index (χ4v) is 2.83. The van der Waals surface area contributed by atoms with E-state index in [0.717, 1.165) is 18.5 Å². The van der Waals surface area contributed by atoms with E-state index in [1.807, 2.05) is 0 Å². The number of ether oxygens (including phenoxy) is 2. The van der Waals surface area contributed by atoms with E-state index in [-0.39, 0.29) is 23.9 Å². The molecule has 1 aromatic carbocycles. The van der Waals surface area contributed by atoms with Gasteiger partial charge in [0.1, 0.15) is 23.4 Å². The van der Waals surface area contributed by atoms with Crippen LogP contribution in [0.1, 0.15) is 35.9 Å². The number of aromatic nitrogens is 2. The minimum absolute atomic E-state index is 0.276. The number of amides is 1. The summed E-state index contributed by atoms with van der Waals surface area (Å²) in [5, 5.41) is 9.83. The number of H-pyrrole nitrogens is 1. The maximum Gasteiger partial charge on any atom is 0.272 e. The third-order valence-electron chi connectivity index (χ3n) is 4.08.